The molecule has 4 nitrogen and oxygen atoms in total. The van der Waals surface area contributed by atoms with E-state index in [4.69, 9.17) is 4.74 Å². The van der Waals surface area contributed by atoms with Crippen molar-refractivity contribution in [2.75, 3.05) is 24.6 Å². The molecule has 0 N–H and O–H groups in total. The Morgan fingerprint density at radius 1 is 1.08 bits per heavy atom. The zero-order chi connectivity index (χ0) is 16.9. The SMILES string of the molecule is Cc1cccc2c(N3CCOC4(CCc5ccccc54)C3)ncnc12. The van der Waals surface area contributed by atoms with Gasteiger partial charge in [-0.2, -0.15) is 0 Å². The third-order valence-corrected chi connectivity index (χ3v) is 5.64. The van der Waals surface area contributed by atoms with E-state index in [2.05, 4.69) is 64.3 Å². The summed E-state index contributed by atoms with van der Waals surface area (Å²) < 4.78 is 6.36. The highest BCUT2D eigenvalue weighted by Gasteiger charge is 2.43. The lowest BCUT2D eigenvalue weighted by Gasteiger charge is -2.42. The van der Waals surface area contributed by atoms with Crippen molar-refractivity contribution in [2.45, 2.75) is 25.4 Å². The Hall–Kier alpha value is -2.46. The van der Waals surface area contributed by atoms with Crippen molar-refractivity contribution >= 4 is 16.7 Å². The number of para-hydroxylation sites is 1. The molecule has 1 aliphatic carbocycles. The van der Waals surface area contributed by atoms with Gasteiger partial charge in [-0.1, -0.05) is 36.4 Å². The van der Waals surface area contributed by atoms with E-state index < -0.39 is 0 Å². The number of ether oxygens (including phenoxy) is 1. The number of nitrogens with zero attached hydrogens (tertiary/aromatic N) is 3. The molecule has 3 aromatic rings. The molecule has 1 unspecified atom stereocenters. The van der Waals surface area contributed by atoms with Crippen molar-refractivity contribution in [1.29, 1.82) is 0 Å². The van der Waals surface area contributed by atoms with Gasteiger partial charge < -0.3 is 9.64 Å². The predicted octanol–water partition coefficient (Wildman–Crippen LogP) is 3.62. The topological polar surface area (TPSA) is 38.2 Å². The molecule has 1 fully saturated rings. The highest BCUT2D eigenvalue weighted by molar-refractivity contribution is 5.91. The number of morpholine rings is 1. The molecule has 1 aliphatic heterocycles. The number of aryl methyl sites for hydroxylation is 2. The van der Waals surface area contributed by atoms with E-state index in [0.29, 0.717) is 0 Å². The maximum Gasteiger partial charge on any atom is 0.140 e. The van der Waals surface area contributed by atoms with Gasteiger partial charge in [-0.3, -0.25) is 0 Å². The standard InChI is InChI=1S/C21H21N3O/c1-15-5-4-7-17-19(15)22-14-23-20(17)24-11-12-25-21(13-24)10-9-16-6-2-3-8-18(16)21/h2-8,14H,9-13H2,1H3. The predicted molar refractivity (Wildman–Crippen MR) is 98.9 cm³/mol. The van der Waals surface area contributed by atoms with Crippen molar-refractivity contribution in [2.24, 2.45) is 0 Å². The molecule has 25 heavy (non-hydrogen) atoms. The Balaban J connectivity index is 1.58. The van der Waals surface area contributed by atoms with Crippen LogP contribution in [0.1, 0.15) is 23.1 Å². The van der Waals surface area contributed by atoms with Gasteiger partial charge in [-0.15, -0.1) is 0 Å². The first-order chi connectivity index (χ1) is 12.3. The van der Waals surface area contributed by atoms with Gasteiger partial charge in [0.05, 0.1) is 18.7 Å². The van der Waals surface area contributed by atoms with Gasteiger partial charge in [-0.25, -0.2) is 9.97 Å². The summed E-state index contributed by atoms with van der Waals surface area (Å²) in [4.78, 5) is 11.5. The maximum absolute atomic E-state index is 6.36. The molecular weight excluding hydrogens is 310 g/mol. The highest BCUT2D eigenvalue weighted by atomic mass is 16.5. The Morgan fingerprint density at radius 2 is 2.00 bits per heavy atom. The molecule has 0 radical (unpaired) electrons. The van der Waals surface area contributed by atoms with Crippen LogP contribution in [0.2, 0.25) is 0 Å². The van der Waals surface area contributed by atoms with E-state index in [1.807, 2.05) is 0 Å². The maximum atomic E-state index is 6.36. The minimum absolute atomic E-state index is 0.198. The summed E-state index contributed by atoms with van der Waals surface area (Å²) in [6.07, 6.45) is 3.83. The summed E-state index contributed by atoms with van der Waals surface area (Å²) in [6.45, 7) is 4.55. The van der Waals surface area contributed by atoms with Gasteiger partial charge in [0, 0.05) is 11.9 Å². The molecule has 126 valence electrons. The molecule has 4 heteroatoms. The first-order valence-electron chi connectivity index (χ1n) is 8.94. The van der Waals surface area contributed by atoms with Crippen LogP contribution in [-0.2, 0) is 16.8 Å². The van der Waals surface area contributed by atoms with Crippen LogP contribution in [0.25, 0.3) is 10.9 Å². The summed E-state index contributed by atoms with van der Waals surface area (Å²) in [5.74, 6) is 1.03. The zero-order valence-corrected chi connectivity index (χ0v) is 14.4. The monoisotopic (exact) mass is 331 g/mol. The smallest absolute Gasteiger partial charge is 0.140 e. The fourth-order valence-corrected chi connectivity index (χ4v) is 4.41. The fraction of sp³-hybridized carbons (Fsp3) is 0.333. The minimum Gasteiger partial charge on any atom is -0.367 e. The molecule has 1 spiro atoms. The van der Waals surface area contributed by atoms with Gasteiger partial charge in [0.1, 0.15) is 17.7 Å². The average molecular weight is 331 g/mol. The minimum atomic E-state index is -0.198. The summed E-state index contributed by atoms with van der Waals surface area (Å²) in [6, 6.07) is 15.0. The zero-order valence-electron chi connectivity index (χ0n) is 14.4. The Morgan fingerprint density at radius 3 is 2.96 bits per heavy atom. The van der Waals surface area contributed by atoms with Crippen molar-refractivity contribution in [1.82, 2.24) is 9.97 Å². The molecule has 1 aromatic heterocycles. The van der Waals surface area contributed by atoms with Crippen LogP contribution in [0.4, 0.5) is 5.82 Å². The molecule has 1 saturated heterocycles. The molecule has 2 heterocycles. The number of aromatic nitrogens is 2. The number of benzene rings is 2. The molecular formula is C21H21N3O. The van der Waals surface area contributed by atoms with Crippen LogP contribution in [0.5, 0.6) is 0 Å². The van der Waals surface area contributed by atoms with Crippen molar-refractivity contribution in [3.05, 3.63) is 65.5 Å². The van der Waals surface area contributed by atoms with E-state index in [1.54, 1.807) is 6.33 Å². The number of hydrogen-bond donors (Lipinski definition) is 0. The summed E-state index contributed by atoms with van der Waals surface area (Å²) >= 11 is 0. The van der Waals surface area contributed by atoms with Gasteiger partial charge in [0.15, 0.2) is 0 Å². The van der Waals surface area contributed by atoms with Crippen molar-refractivity contribution in [3.63, 3.8) is 0 Å². The molecule has 1 atom stereocenters. The lowest BCUT2D eigenvalue weighted by Crippen LogP contribution is -2.49. The Labute approximate surface area is 147 Å². The second kappa shape index (κ2) is 5.53. The third kappa shape index (κ3) is 2.24. The first kappa shape index (κ1) is 14.8. The second-order valence-corrected chi connectivity index (χ2v) is 7.09. The van der Waals surface area contributed by atoms with Gasteiger partial charge in [0.2, 0.25) is 0 Å². The number of anilines is 1. The summed E-state index contributed by atoms with van der Waals surface area (Å²) in [5, 5.41) is 1.13. The average Bonchev–Trinajstić information content (AvgIpc) is 3.00. The second-order valence-electron chi connectivity index (χ2n) is 7.09. The summed E-state index contributed by atoms with van der Waals surface area (Å²) in [7, 11) is 0. The quantitative estimate of drug-likeness (QED) is 0.683. The van der Waals surface area contributed by atoms with E-state index in [-0.39, 0.29) is 5.60 Å². The van der Waals surface area contributed by atoms with Crippen molar-refractivity contribution in [3.8, 4) is 0 Å². The van der Waals surface area contributed by atoms with E-state index >= 15 is 0 Å². The fourth-order valence-electron chi connectivity index (χ4n) is 4.41. The molecule has 2 aromatic carbocycles. The van der Waals surface area contributed by atoms with Gasteiger partial charge in [-0.05, 0) is 42.5 Å². The van der Waals surface area contributed by atoms with Crippen LogP contribution in [0, 0.1) is 6.92 Å². The molecule has 0 amide bonds. The van der Waals surface area contributed by atoms with E-state index in [1.165, 1.54) is 16.7 Å². The summed E-state index contributed by atoms with van der Waals surface area (Å²) in [5.41, 5.74) is 4.81. The van der Waals surface area contributed by atoms with E-state index in [0.717, 1.165) is 49.3 Å². The van der Waals surface area contributed by atoms with Gasteiger partial charge >= 0.3 is 0 Å². The lowest BCUT2D eigenvalue weighted by atomic mass is 9.93. The highest BCUT2D eigenvalue weighted by Crippen LogP contribution is 2.43. The van der Waals surface area contributed by atoms with Crippen LogP contribution >= 0.6 is 0 Å². The molecule has 0 bridgehead atoms. The van der Waals surface area contributed by atoms with E-state index in [9.17, 15) is 0 Å². The number of hydrogen-bond acceptors (Lipinski definition) is 4. The van der Waals surface area contributed by atoms with Crippen LogP contribution < -0.4 is 4.90 Å². The number of fused-ring (bicyclic) bond motifs is 3. The normalized spacial score (nSPS) is 22.5. The van der Waals surface area contributed by atoms with Crippen molar-refractivity contribution < 1.29 is 4.74 Å². The molecule has 2 aliphatic rings. The first-order valence-corrected chi connectivity index (χ1v) is 8.94. The largest absolute Gasteiger partial charge is 0.367 e. The molecule has 0 saturated carbocycles. The molecule has 5 rings (SSSR count). The number of rotatable bonds is 1. The lowest BCUT2D eigenvalue weighted by molar-refractivity contribution is -0.0593. The van der Waals surface area contributed by atoms with Crippen LogP contribution in [-0.4, -0.2) is 29.7 Å². The Bertz CT molecular complexity index is 951. The van der Waals surface area contributed by atoms with Gasteiger partial charge in [0.25, 0.3) is 0 Å². The van der Waals surface area contributed by atoms with Crippen LogP contribution in [0.15, 0.2) is 48.8 Å². The Kier molecular flexibility index (Phi) is 3.28. The third-order valence-electron chi connectivity index (χ3n) is 5.64. The van der Waals surface area contributed by atoms with Crippen LogP contribution in [0.3, 0.4) is 0 Å².